The SMILES string of the molecule is CC(=O)O[C@H]1Cc2c(cc3oc(CO)cc(=O)c3c2O)OC1(C)C. The molecular weight excluding hydrogens is 316 g/mol. The van der Waals surface area contributed by atoms with Gasteiger partial charge < -0.3 is 24.1 Å². The summed E-state index contributed by atoms with van der Waals surface area (Å²) in [5.74, 6) is -0.257. The lowest BCUT2D eigenvalue weighted by Crippen LogP contribution is -2.48. The molecule has 0 saturated carbocycles. The van der Waals surface area contributed by atoms with Gasteiger partial charge in [-0.15, -0.1) is 0 Å². The first-order valence-corrected chi connectivity index (χ1v) is 7.51. The van der Waals surface area contributed by atoms with Crippen molar-refractivity contribution in [2.75, 3.05) is 0 Å². The molecular formula is C17H18O7. The van der Waals surface area contributed by atoms with Crippen molar-refractivity contribution in [3.05, 3.63) is 33.7 Å². The highest BCUT2D eigenvalue weighted by molar-refractivity contribution is 5.87. The van der Waals surface area contributed by atoms with Gasteiger partial charge in [0.25, 0.3) is 0 Å². The Morgan fingerprint density at radius 1 is 1.42 bits per heavy atom. The van der Waals surface area contributed by atoms with E-state index in [0.717, 1.165) is 6.07 Å². The highest BCUT2D eigenvalue weighted by Crippen LogP contribution is 2.42. The summed E-state index contributed by atoms with van der Waals surface area (Å²) in [6.45, 7) is 4.41. The third-order valence-corrected chi connectivity index (χ3v) is 4.11. The number of aromatic hydroxyl groups is 1. The lowest BCUT2D eigenvalue weighted by atomic mass is 9.89. The van der Waals surface area contributed by atoms with Crippen LogP contribution in [0.4, 0.5) is 0 Å². The van der Waals surface area contributed by atoms with Crippen LogP contribution in [0.15, 0.2) is 21.3 Å². The van der Waals surface area contributed by atoms with Crippen LogP contribution in [0, 0.1) is 0 Å². The highest BCUT2D eigenvalue weighted by Gasteiger charge is 2.41. The standard InChI is InChI=1S/C17H18O7/c1-8(19)22-14-5-10-12(24-17(14,2)3)6-13-15(16(10)21)11(20)4-9(7-18)23-13/h4,6,14,18,21H,5,7H2,1-3H3/t14-/m0/s1. The lowest BCUT2D eigenvalue weighted by molar-refractivity contribution is -0.158. The average molecular weight is 334 g/mol. The quantitative estimate of drug-likeness (QED) is 0.804. The van der Waals surface area contributed by atoms with Crippen molar-refractivity contribution in [1.29, 1.82) is 0 Å². The Bertz CT molecular complexity index is 879. The molecule has 24 heavy (non-hydrogen) atoms. The minimum atomic E-state index is -0.812. The fourth-order valence-corrected chi connectivity index (χ4v) is 2.90. The van der Waals surface area contributed by atoms with Gasteiger partial charge in [-0.05, 0) is 13.8 Å². The minimum absolute atomic E-state index is 0.0100. The first-order chi connectivity index (χ1) is 11.2. The van der Waals surface area contributed by atoms with E-state index in [0.29, 0.717) is 11.3 Å². The number of rotatable bonds is 2. The minimum Gasteiger partial charge on any atom is -0.507 e. The van der Waals surface area contributed by atoms with Crippen molar-refractivity contribution >= 4 is 16.9 Å². The van der Waals surface area contributed by atoms with Gasteiger partial charge in [-0.3, -0.25) is 9.59 Å². The number of esters is 1. The summed E-state index contributed by atoms with van der Waals surface area (Å²) >= 11 is 0. The van der Waals surface area contributed by atoms with Gasteiger partial charge in [0, 0.05) is 31.0 Å². The van der Waals surface area contributed by atoms with E-state index in [9.17, 15) is 14.7 Å². The molecule has 1 atom stereocenters. The van der Waals surface area contributed by atoms with Crippen molar-refractivity contribution < 1.29 is 28.9 Å². The van der Waals surface area contributed by atoms with E-state index in [4.69, 9.17) is 19.0 Å². The van der Waals surface area contributed by atoms with Crippen LogP contribution in [-0.4, -0.2) is 27.9 Å². The smallest absolute Gasteiger partial charge is 0.303 e. The van der Waals surface area contributed by atoms with Gasteiger partial charge in [-0.25, -0.2) is 0 Å². The van der Waals surface area contributed by atoms with Crippen LogP contribution in [-0.2, 0) is 22.6 Å². The number of hydrogen-bond acceptors (Lipinski definition) is 7. The molecule has 2 N–H and O–H groups in total. The Labute approximate surface area is 137 Å². The van der Waals surface area contributed by atoms with Gasteiger partial charge in [0.1, 0.15) is 46.5 Å². The molecule has 0 unspecified atom stereocenters. The predicted octanol–water partition coefficient (Wildman–Crippen LogP) is 1.64. The molecule has 2 aromatic rings. The Balaban J connectivity index is 2.20. The van der Waals surface area contributed by atoms with Crippen LogP contribution in [0.2, 0.25) is 0 Å². The van der Waals surface area contributed by atoms with Crippen molar-refractivity contribution in [1.82, 2.24) is 0 Å². The van der Waals surface area contributed by atoms with Gasteiger partial charge in [0.15, 0.2) is 5.43 Å². The first kappa shape index (κ1) is 16.3. The number of phenolic OH excluding ortho intramolecular Hbond substituents is 1. The summed E-state index contributed by atoms with van der Waals surface area (Å²) in [6, 6.07) is 2.64. The van der Waals surface area contributed by atoms with Crippen molar-refractivity contribution in [2.24, 2.45) is 0 Å². The van der Waals surface area contributed by atoms with Gasteiger partial charge in [0.2, 0.25) is 0 Å². The van der Waals surface area contributed by atoms with Gasteiger partial charge in [0.05, 0.1) is 0 Å². The van der Waals surface area contributed by atoms with Crippen LogP contribution >= 0.6 is 0 Å². The summed E-state index contributed by atoms with van der Waals surface area (Å²) < 4.78 is 16.6. The second-order valence-electron chi connectivity index (χ2n) is 6.32. The third kappa shape index (κ3) is 2.60. The topological polar surface area (TPSA) is 106 Å². The number of phenols is 1. The monoisotopic (exact) mass is 334 g/mol. The molecule has 1 aromatic carbocycles. The molecule has 0 bridgehead atoms. The maximum absolute atomic E-state index is 12.2. The third-order valence-electron chi connectivity index (χ3n) is 4.11. The van der Waals surface area contributed by atoms with E-state index in [1.54, 1.807) is 13.8 Å². The largest absolute Gasteiger partial charge is 0.507 e. The summed E-state index contributed by atoms with van der Waals surface area (Å²) in [5, 5.41) is 19.7. The van der Waals surface area contributed by atoms with E-state index in [1.165, 1.54) is 13.0 Å². The van der Waals surface area contributed by atoms with Gasteiger partial charge in [-0.1, -0.05) is 0 Å². The fourth-order valence-electron chi connectivity index (χ4n) is 2.90. The second-order valence-corrected chi connectivity index (χ2v) is 6.32. The molecule has 128 valence electrons. The predicted molar refractivity (Wildman–Crippen MR) is 84.0 cm³/mol. The summed E-state index contributed by atoms with van der Waals surface area (Å²) in [5.41, 5.74) is -0.760. The zero-order valence-corrected chi connectivity index (χ0v) is 13.6. The molecule has 1 aromatic heterocycles. The molecule has 0 radical (unpaired) electrons. The molecule has 0 fully saturated rings. The van der Waals surface area contributed by atoms with E-state index in [1.807, 2.05) is 0 Å². The summed E-state index contributed by atoms with van der Waals surface area (Å²) in [7, 11) is 0. The number of aliphatic hydroxyl groups is 1. The molecule has 2 heterocycles. The number of carbonyl (C=O) groups excluding carboxylic acids is 1. The number of benzene rings is 1. The zero-order valence-electron chi connectivity index (χ0n) is 13.6. The second kappa shape index (κ2) is 5.52. The molecule has 0 amide bonds. The number of fused-ring (bicyclic) bond motifs is 2. The van der Waals surface area contributed by atoms with Crippen molar-refractivity contribution in [3.8, 4) is 11.5 Å². The van der Waals surface area contributed by atoms with E-state index < -0.39 is 29.7 Å². The molecule has 1 aliphatic rings. The Morgan fingerprint density at radius 3 is 2.75 bits per heavy atom. The molecule has 7 nitrogen and oxygen atoms in total. The van der Waals surface area contributed by atoms with Crippen LogP contribution < -0.4 is 10.2 Å². The molecule has 0 aliphatic carbocycles. The number of ether oxygens (including phenoxy) is 2. The summed E-state index contributed by atoms with van der Waals surface area (Å²) in [4.78, 5) is 23.5. The highest BCUT2D eigenvalue weighted by atomic mass is 16.6. The van der Waals surface area contributed by atoms with Crippen molar-refractivity contribution in [2.45, 2.75) is 45.5 Å². The van der Waals surface area contributed by atoms with Crippen LogP contribution in [0.5, 0.6) is 11.5 Å². The maximum Gasteiger partial charge on any atom is 0.303 e. The zero-order chi connectivity index (χ0) is 17.6. The fraction of sp³-hybridized carbons (Fsp3) is 0.412. The first-order valence-electron chi connectivity index (χ1n) is 7.51. The van der Waals surface area contributed by atoms with Gasteiger partial charge in [-0.2, -0.15) is 0 Å². The number of carbonyl (C=O) groups is 1. The lowest BCUT2D eigenvalue weighted by Gasteiger charge is -2.39. The van der Waals surface area contributed by atoms with Crippen LogP contribution in [0.3, 0.4) is 0 Å². The number of hydrogen-bond donors (Lipinski definition) is 2. The van der Waals surface area contributed by atoms with E-state index in [2.05, 4.69) is 0 Å². The molecule has 0 spiro atoms. The molecule has 3 rings (SSSR count). The molecule has 7 heteroatoms. The van der Waals surface area contributed by atoms with E-state index in [-0.39, 0.29) is 28.9 Å². The Kier molecular flexibility index (Phi) is 3.76. The summed E-state index contributed by atoms with van der Waals surface area (Å²) in [6.07, 6.45) is -0.389. The Hall–Kier alpha value is -2.54. The van der Waals surface area contributed by atoms with Gasteiger partial charge >= 0.3 is 5.97 Å². The molecule has 1 aliphatic heterocycles. The average Bonchev–Trinajstić information content (AvgIpc) is 2.47. The normalized spacial score (nSPS) is 18.8. The van der Waals surface area contributed by atoms with Crippen LogP contribution in [0.25, 0.3) is 11.0 Å². The van der Waals surface area contributed by atoms with Crippen molar-refractivity contribution in [3.63, 3.8) is 0 Å². The van der Waals surface area contributed by atoms with Crippen LogP contribution in [0.1, 0.15) is 32.1 Å². The molecule has 0 saturated heterocycles. The maximum atomic E-state index is 12.2. The number of aliphatic hydroxyl groups excluding tert-OH is 1. The Morgan fingerprint density at radius 2 is 2.12 bits per heavy atom. The van der Waals surface area contributed by atoms with E-state index >= 15 is 0 Å².